The number of nitrogens with zero attached hydrogens (tertiary/aromatic N) is 3. The highest BCUT2D eigenvalue weighted by Gasteiger charge is 2.14. The molecule has 0 aliphatic rings. The number of methoxy groups -OCH3 is 1. The molecule has 0 bridgehead atoms. The number of amides is 1. The highest BCUT2D eigenvalue weighted by atomic mass is 79.9. The maximum Gasteiger partial charge on any atom is 0.278 e. The Morgan fingerprint density at radius 3 is 2.81 bits per heavy atom. The number of carbonyl (C=O) groups is 1. The fraction of sp³-hybridized carbons (Fsp3) is 0.222. The van der Waals surface area contributed by atoms with Gasteiger partial charge in [0.15, 0.2) is 0 Å². The molecule has 26 heavy (non-hydrogen) atoms. The van der Waals surface area contributed by atoms with E-state index >= 15 is 0 Å². The van der Waals surface area contributed by atoms with Crippen molar-refractivity contribution >= 4 is 32.7 Å². The van der Waals surface area contributed by atoms with Crippen molar-refractivity contribution in [2.45, 2.75) is 19.5 Å². The average molecular weight is 417 g/mol. The second-order valence-corrected chi connectivity index (χ2v) is 6.61. The van der Waals surface area contributed by atoms with Gasteiger partial charge < -0.3 is 10.1 Å². The molecule has 0 aliphatic heterocycles. The van der Waals surface area contributed by atoms with Gasteiger partial charge in [-0.1, -0.05) is 23.4 Å². The lowest BCUT2D eigenvalue weighted by Gasteiger charge is -2.16. The molecule has 8 heteroatoms. The zero-order valence-electron chi connectivity index (χ0n) is 14.3. The monoisotopic (exact) mass is 416 g/mol. The molecule has 0 radical (unpaired) electrons. The number of aromatic nitrogens is 3. The van der Waals surface area contributed by atoms with Crippen molar-refractivity contribution in [2.75, 3.05) is 7.11 Å². The molecule has 3 aromatic rings. The molecule has 134 valence electrons. The van der Waals surface area contributed by atoms with Crippen molar-refractivity contribution in [2.24, 2.45) is 0 Å². The van der Waals surface area contributed by atoms with Gasteiger partial charge >= 0.3 is 0 Å². The van der Waals surface area contributed by atoms with E-state index in [1.807, 2.05) is 25.1 Å². The first-order valence-corrected chi connectivity index (χ1v) is 8.74. The summed E-state index contributed by atoms with van der Waals surface area (Å²) in [6.07, 6.45) is 0. The molecule has 0 aliphatic carbocycles. The molecule has 1 aromatic heterocycles. The molecule has 0 saturated carbocycles. The maximum absolute atomic E-state index is 12.4. The fourth-order valence-electron chi connectivity index (χ4n) is 2.59. The van der Waals surface area contributed by atoms with Gasteiger partial charge in [0.1, 0.15) is 17.8 Å². The number of rotatable bonds is 5. The Bertz CT molecular complexity index is 1020. The Hall–Kier alpha value is -2.74. The zero-order valence-corrected chi connectivity index (χ0v) is 15.9. The molecule has 7 nitrogen and oxygen atoms in total. The van der Waals surface area contributed by atoms with Gasteiger partial charge in [-0.25, -0.2) is 4.68 Å². The molecule has 1 N–H and O–H groups in total. The third-order valence-electron chi connectivity index (χ3n) is 3.98. The SMILES string of the molecule is COc1ccc(C(C)NC(=O)Cn2nnc3ccccc3c2=O)cc1Br. The summed E-state index contributed by atoms with van der Waals surface area (Å²) < 4.78 is 7.07. The second-order valence-electron chi connectivity index (χ2n) is 5.75. The van der Waals surface area contributed by atoms with E-state index in [0.29, 0.717) is 16.7 Å². The number of carbonyl (C=O) groups excluding carboxylic acids is 1. The number of nitrogens with one attached hydrogen (secondary N) is 1. The topological polar surface area (TPSA) is 86.1 Å². The number of hydrogen-bond donors (Lipinski definition) is 1. The van der Waals surface area contributed by atoms with Crippen LogP contribution in [-0.4, -0.2) is 28.0 Å². The van der Waals surface area contributed by atoms with Gasteiger partial charge in [-0.05, 0) is 52.7 Å². The van der Waals surface area contributed by atoms with Crippen LogP contribution in [0.4, 0.5) is 0 Å². The third-order valence-corrected chi connectivity index (χ3v) is 4.60. The van der Waals surface area contributed by atoms with Gasteiger partial charge in [0.25, 0.3) is 5.56 Å². The van der Waals surface area contributed by atoms with Crippen molar-refractivity contribution in [3.8, 4) is 5.75 Å². The van der Waals surface area contributed by atoms with E-state index in [2.05, 4.69) is 31.6 Å². The van der Waals surface area contributed by atoms with Crippen LogP contribution >= 0.6 is 15.9 Å². The molecule has 0 spiro atoms. The van der Waals surface area contributed by atoms with Crippen LogP contribution in [0.5, 0.6) is 5.75 Å². The number of fused-ring (bicyclic) bond motifs is 1. The molecule has 1 heterocycles. The first kappa shape index (κ1) is 18.1. The largest absolute Gasteiger partial charge is 0.496 e. The summed E-state index contributed by atoms with van der Waals surface area (Å²) in [5, 5.41) is 11.1. The van der Waals surface area contributed by atoms with Crippen molar-refractivity contribution < 1.29 is 9.53 Å². The maximum atomic E-state index is 12.4. The first-order valence-electron chi connectivity index (χ1n) is 7.95. The van der Waals surface area contributed by atoms with Crippen molar-refractivity contribution in [3.05, 3.63) is 62.9 Å². The summed E-state index contributed by atoms with van der Waals surface area (Å²) in [6, 6.07) is 12.2. The minimum atomic E-state index is -0.342. The Labute approximate surface area is 158 Å². The fourth-order valence-corrected chi connectivity index (χ4v) is 3.14. The standard InChI is InChI=1S/C18H17BrN4O3/c1-11(12-7-8-16(26-2)14(19)9-12)20-17(24)10-23-18(25)13-5-3-4-6-15(13)21-22-23/h3-9,11H,10H2,1-2H3,(H,20,24). The van der Waals surface area contributed by atoms with Crippen LogP contribution in [0.1, 0.15) is 18.5 Å². The molecule has 1 atom stereocenters. The average Bonchev–Trinajstić information content (AvgIpc) is 2.64. The highest BCUT2D eigenvalue weighted by molar-refractivity contribution is 9.10. The van der Waals surface area contributed by atoms with E-state index in [0.717, 1.165) is 14.7 Å². The van der Waals surface area contributed by atoms with Gasteiger partial charge in [0, 0.05) is 0 Å². The summed E-state index contributed by atoms with van der Waals surface area (Å²) in [5.41, 5.74) is 1.07. The molecule has 0 saturated heterocycles. The van der Waals surface area contributed by atoms with Gasteiger partial charge in [-0.15, -0.1) is 5.10 Å². The minimum Gasteiger partial charge on any atom is -0.496 e. The quantitative estimate of drug-likeness (QED) is 0.689. The van der Waals surface area contributed by atoms with Crippen molar-refractivity contribution in [1.82, 2.24) is 20.3 Å². The van der Waals surface area contributed by atoms with Crippen LogP contribution in [0.25, 0.3) is 10.9 Å². The van der Waals surface area contributed by atoms with Crippen LogP contribution in [0, 0.1) is 0 Å². The molecule has 0 fully saturated rings. The van der Waals surface area contributed by atoms with E-state index in [4.69, 9.17) is 4.74 Å². The van der Waals surface area contributed by atoms with Crippen LogP contribution in [0.3, 0.4) is 0 Å². The summed E-state index contributed by atoms with van der Waals surface area (Å²) in [5.74, 6) is 0.390. The normalized spacial score (nSPS) is 12.0. The van der Waals surface area contributed by atoms with Crippen LogP contribution in [0.2, 0.25) is 0 Å². The summed E-state index contributed by atoms with van der Waals surface area (Å²) in [4.78, 5) is 24.7. The van der Waals surface area contributed by atoms with Crippen LogP contribution in [-0.2, 0) is 11.3 Å². The second kappa shape index (κ2) is 7.65. The van der Waals surface area contributed by atoms with E-state index in [1.54, 1.807) is 31.4 Å². The Morgan fingerprint density at radius 1 is 1.31 bits per heavy atom. The molecular formula is C18H17BrN4O3. The number of ether oxygens (including phenoxy) is 1. The Morgan fingerprint density at radius 2 is 2.08 bits per heavy atom. The van der Waals surface area contributed by atoms with Gasteiger partial charge in [0.2, 0.25) is 5.91 Å². The minimum absolute atomic E-state index is 0.196. The Balaban J connectivity index is 1.73. The molecule has 1 unspecified atom stereocenters. The predicted molar refractivity (Wildman–Crippen MR) is 101 cm³/mol. The van der Waals surface area contributed by atoms with Crippen molar-refractivity contribution in [1.29, 1.82) is 0 Å². The van der Waals surface area contributed by atoms with Crippen LogP contribution in [0.15, 0.2) is 51.7 Å². The number of hydrogen-bond acceptors (Lipinski definition) is 5. The van der Waals surface area contributed by atoms with E-state index in [9.17, 15) is 9.59 Å². The van der Waals surface area contributed by atoms with Crippen LogP contribution < -0.4 is 15.6 Å². The third kappa shape index (κ3) is 3.75. The lowest BCUT2D eigenvalue weighted by molar-refractivity contribution is -0.122. The lowest BCUT2D eigenvalue weighted by atomic mass is 10.1. The lowest BCUT2D eigenvalue weighted by Crippen LogP contribution is -2.35. The Kier molecular flexibility index (Phi) is 5.32. The zero-order chi connectivity index (χ0) is 18.7. The molecule has 1 amide bonds. The first-order chi connectivity index (χ1) is 12.5. The van der Waals surface area contributed by atoms with Crippen molar-refractivity contribution in [3.63, 3.8) is 0 Å². The van der Waals surface area contributed by atoms with E-state index < -0.39 is 0 Å². The molecule has 3 rings (SSSR count). The van der Waals surface area contributed by atoms with Gasteiger partial charge in [-0.3, -0.25) is 9.59 Å². The summed E-state index contributed by atoms with van der Waals surface area (Å²) >= 11 is 3.43. The van der Waals surface area contributed by atoms with E-state index in [1.165, 1.54) is 0 Å². The predicted octanol–water partition coefficient (Wildman–Crippen LogP) is 2.44. The molecular weight excluding hydrogens is 400 g/mol. The molecule has 2 aromatic carbocycles. The number of benzene rings is 2. The smallest absolute Gasteiger partial charge is 0.278 e. The highest BCUT2D eigenvalue weighted by Crippen LogP contribution is 2.27. The van der Waals surface area contributed by atoms with Gasteiger partial charge in [-0.2, -0.15) is 0 Å². The summed E-state index contributed by atoms with van der Waals surface area (Å²) in [6.45, 7) is 1.67. The summed E-state index contributed by atoms with van der Waals surface area (Å²) in [7, 11) is 1.59. The van der Waals surface area contributed by atoms with E-state index in [-0.39, 0.29) is 24.1 Å². The number of halogens is 1. The van der Waals surface area contributed by atoms with Gasteiger partial charge in [0.05, 0.1) is 23.0 Å².